The predicted molar refractivity (Wildman–Crippen MR) is 115 cm³/mol. The fourth-order valence-electron chi connectivity index (χ4n) is 3.42. The van der Waals surface area contributed by atoms with Crippen molar-refractivity contribution in [2.24, 2.45) is 0 Å². The summed E-state index contributed by atoms with van der Waals surface area (Å²) in [6.07, 6.45) is 1.79. The summed E-state index contributed by atoms with van der Waals surface area (Å²) in [6.45, 7) is 5.26. The van der Waals surface area contributed by atoms with Crippen molar-refractivity contribution >= 4 is 33.4 Å². The molecule has 0 aromatic heterocycles. The van der Waals surface area contributed by atoms with E-state index >= 15 is 0 Å². The Hall–Kier alpha value is -1.83. The molecule has 0 unspecified atom stereocenters. The number of carbonyl (C=O) groups excluding carboxylic acids is 1. The molecule has 1 saturated heterocycles. The van der Waals surface area contributed by atoms with Crippen LogP contribution in [0, 0.1) is 13.8 Å². The van der Waals surface area contributed by atoms with Crippen LogP contribution >= 0.6 is 11.8 Å². The lowest BCUT2D eigenvalue weighted by Gasteiger charge is -2.16. The monoisotopic (exact) mass is 418 g/mol. The van der Waals surface area contributed by atoms with Gasteiger partial charge in [-0.25, -0.2) is 8.42 Å². The number of carbonyl (C=O) groups is 1. The average Bonchev–Trinajstić information content (AvgIpc) is 3.16. The molecule has 150 valence electrons. The van der Waals surface area contributed by atoms with E-state index in [9.17, 15) is 13.2 Å². The van der Waals surface area contributed by atoms with Crippen LogP contribution in [0.5, 0.6) is 0 Å². The van der Waals surface area contributed by atoms with Crippen LogP contribution < -0.4 is 5.32 Å². The van der Waals surface area contributed by atoms with Crippen molar-refractivity contribution in [3.63, 3.8) is 0 Å². The Morgan fingerprint density at radius 3 is 2.43 bits per heavy atom. The van der Waals surface area contributed by atoms with E-state index in [1.54, 1.807) is 36.0 Å². The van der Waals surface area contributed by atoms with Crippen molar-refractivity contribution in [1.82, 2.24) is 4.31 Å². The fraction of sp³-hybridized carbons (Fsp3) is 0.381. The maximum Gasteiger partial charge on any atom is 0.243 e. The number of nitrogens with zero attached hydrogens (tertiary/aromatic N) is 1. The second kappa shape index (κ2) is 9.11. The molecule has 0 radical (unpaired) electrons. The molecule has 1 fully saturated rings. The number of hydrogen-bond acceptors (Lipinski definition) is 4. The molecule has 1 N–H and O–H groups in total. The molecule has 0 aliphatic carbocycles. The van der Waals surface area contributed by atoms with Crippen LogP contribution in [0.15, 0.2) is 47.4 Å². The quantitative estimate of drug-likeness (QED) is 0.739. The molecule has 3 rings (SSSR count). The van der Waals surface area contributed by atoms with Gasteiger partial charge in [-0.05, 0) is 50.5 Å². The molecule has 0 atom stereocenters. The van der Waals surface area contributed by atoms with Crippen LogP contribution in [0.25, 0.3) is 0 Å². The van der Waals surface area contributed by atoms with Gasteiger partial charge in [0, 0.05) is 24.5 Å². The fourth-order valence-corrected chi connectivity index (χ4v) is 5.75. The van der Waals surface area contributed by atoms with Crippen LogP contribution in [0.2, 0.25) is 0 Å². The Morgan fingerprint density at radius 2 is 1.75 bits per heavy atom. The number of sulfonamides is 1. The highest BCUT2D eigenvalue weighted by Crippen LogP contribution is 2.23. The van der Waals surface area contributed by atoms with Gasteiger partial charge in [0.15, 0.2) is 0 Å². The molecule has 1 aliphatic rings. The van der Waals surface area contributed by atoms with Crippen molar-refractivity contribution in [3.8, 4) is 0 Å². The smallest absolute Gasteiger partial charge is 0.243 e. The molecular weight excluding hydrogens is 392 g/mol. The zero-order valence-electron chi connectivity index (χ0n) is 16.3. The highest BCUT2D eigenvalue weighted by atomic mass is 32.2. The number of hydrogen-bond donors (Lipinski definition) is 1. The first-order valence-electron chi connectivity index (χ1n) is 9.39. The molecule has 5 nitrogen and oxygen atoms in total. The number of rotatable bonds is 7. The maximum absolute atomic E-state index is 12.7. The van der Waals surface area contributed by atoms with Gasteiger partial charge in [0.1, 0.15) is 0 Å². The van der Waals surface area contributed by atoms with Crippen LogP contribution in [-0.4, -0.2) is 37.5 Å². The number of nitrogens with one attached hydrogen (secondary N) is 1. The van der Waals surface area contributed by atoms with Crippen molar-refractivity contribution < 1.29 is 13.2 Å². The van der Waals surface area contributed by atoms with Crippen LogP contribution in [-0.2, 0) is 20.6 Å². The van der Waals surface area contributed by atoms with Crippen molar-refractivity contribution in [2.45, 2.75) is 37.3 Å². The van der Waals surface area contributed by atoms with Gasteiger partial charge in [0.2, 0.25) is 15.9 Å². The molecular formula is C21H26N2O3S2. The molecule has 1 amide bonds. The molecule has 0 saturated carbocycles. The first kappa shape index (κ1) is 20.9. The third kappa shape index (κ3) is 5.37. The second-order valence-corrected chi connectivity index (χ2v) is 10.1. The SMILES string of the molecule is Cc1cc(C)cc(CSCC(=O)Nc2cccc(S(=O)(=O)N3CCCC3)c2)c1. The highest BCUT2D eigenvalue weighted by Gasteiger charge is 2.27. The van der Waals surface area contributed by atoms with Gasteiger partial charge in [0.05, 0.1) is 10.6 Å². The van der Waals surface area contributed by atoms with Gasteiger partial charge in [-0.2, -0.15) is 4.31 Å². The van der Waals surface area contributed by atoms with E-state index in [0.717, 1.165) is 18.6 Å². The summed E-state index contributed by atoms with van der Waals surface area (Å²) in [5.74, 6) is 0.945. The molecule has 1 aliphatic heterocycles. The lowest BCUT2D eigenvalue weighted by atomic mass is 10.1. The minimum absolute atomic E-state index is 0.134. The van der Waals surface area contributed by atoms with Crippen LogP contribution in [0.4, 0.5) is 5.69 Å². The number of benzene rings is 2. The predicted octanol–water partition coefficient (Wildman–Crippen LogP) is 3.96. The number of amides is 1. The summed E-state index contributed by atoms with van der Waals surface area (Å²) in [5, 5.41) is 2.81. The van der Waals surface area contributed by atoms with Gasteiger partial charge in [-0.15, -0.1) is 11.8 Å². The highest BCUT2D eigenvalue weighted by molar-refractivity contribution is 7.99. The lowest BCUT2D eigenvalue weighted by Crippen LogP contribution is -2.28. The summed E-state index contributed by atoms with van der Waals surface area (Å²) in [5.41, 5.74) is 4.15. The topological polar surface area (TPSA) is 66.5 Å². The first-order valence-corrected chi connectivity index (χ1v) is 12.0. The van der Waals surface area contributed by atoms with E-state index in [0.29, 0.717) is 24.5 Å². The van der Waals surface area contributed by atoms with Gasteiger partial charge in [0.25, 0.3) is 0 Å². The summed E-state index contributed by atoms with van der Waals surface area (Å²) in [4.78, 5) is 12.5. The zero-order valence-corrected chi connectivity index (χ0v) is 17.9. The molecule has 2 aromatic rings. The van der Waals surface area contributed by atoms with Gasteiger partial charge in [-0.1, -0.05) is 35.4 Å². The summed E-state index contributed by atoms with van der Waals surface area (Å²) in [6, 6.07) is 12.9. The van der Waals surface area contributed by atoms with E-state index in [1.807, 2.05) is 0 Å². The molecule has 0 bridgehead atoms. The largest absolute Gasteiger partial charge is 0.325 e. The Bertz CT molecular complexity index is 932. The van der Waals surface area contributed by atoms with Crippen molar-refractivity contribution in [3.05, 3.63) is 59.2 Å². The van der Waals surface area contributed by atoms with E-state index in [-0.39, 0.29) is 10.8 Å². The third-order valence-corrected chi connectivity index (χ3v) is 7.50. The van der Waals surface area contributed by atoms with E-state index < -0.39 is 10.0 Å². The minimum atomic E-state index is -3.48. The van der Waals surface area contributed by atoms with Gasteiger partial charge < -0.3 is 5.32 Å². The van der Waals surface area contributed by atoms with Crippen molar-refractivity contribution in [2.75, 3.05) is 24.2 Å². The summed E-state index contributed by atoms with van der Waals surface area (Å²) >= 11 is 1.54. The zero-order chi connectivity index (χ0) is 20.1. The van der Waals surface area contributed by atoms with Gasteiger partial charge in [-0.3, -0.25) is 4.79 Å². The lowest BCUT2D eigenvalue weighted by molar-refractivity contribution is -0.113. The maximum atomic E-state index is 12.7. The second-order valence-electron chi connectivity index (χ2n) is 7.18. The van der Waals surface area contributed by atoms with E-state index in [4.69, 9.17) is 0 Å². The Kier molecular flexibility index (Phi) is 6.80. The van der Waals surface area contributed by atoms with Crippen molar-refractivity contribution in [1.29, 1.82) is 0 Å². The third-order valence-electron chi connectivity index (χ3n) is 4.60. The number of aryl methyl sites for hydroxylation is 2. The molecule has 7 heteroatoms. The van der Waals surface area contributed by atoms with Crippen LogP contribution in [0.3, 0.4) is 0 Å². The minimum Gasteiger partial charge on any atom is -0.325 e. The number of thioether (sulfide) groups is 1. The Morgan fingerprint density at radius 1 is 1.07 bits per heavy atom. The Labute approximate surface area is 171 Å². The van der Waals surface area contributed by atoms with E-state index in [1.165, 1.54) is 21.0 Å². The number of anilines is 1. The molecule has 0 spiro atoms. The summed E-state index contributed by atoms with van der Waals surface area (Å²) < 4.78 is 26.8. The summed E-state index contributed by atoms with van der Waals surface area (Å²) in [7, 11) is -3.48. The van der Waals surface area contributed by atoms with Crippen LogP contribution in [0.1, 0.15) is 29.5 Å². The standard InChI is InChI=1S/C21H26N2O3S2/c1-16-10-17(2)12-18(11-16)14-27-15-21(24)22-19-6-5-7-20(13-19)28(25,26)23-8-3-4-9-23/h5-7,10-13H,3-4,8-9,14-15H2,1-2H3,(H,22,24). The van der Waals surface area contributed by atoms with E-state index in [2.05, 4.69) is 37.4 Å². The molecule has 2 aromatic carbocycles. The normalized spacial score (nSPS) is 14.9. The van der Waals surface area contributed by atoms with Gasteiger partial charge >= 0.3 is 0 Å². The molecule has 1 heterocycles. The average molecular weight is 419 g/mol. The first-order chi connectivity index (χ1) is 13.3. The molecule has 28 heavy (non-hydrogen) atoms. The Balaban J connectivity index is 1.57.